The van der Waals surface area contributed by atoms with Crippen LogP contribution in [0, 0.1) is 0 Å². The van der Waals surface area contributed by atoms with Crippen molar-refractivity contribution in [2.45, 2.75) is 6.42 Å². The Bertz CT molecular complexity index is 294. The van der Waals surface area contributed by atoms with Gasteiger partial charge in [-0.05, 0) is 6.08 Å². The van der Waals surface area contributed by atoms with Crippen LogP contribution in [0.2, 0.25) is 0 Å². The number of carbonyl (C=O) groups is 2. The molecule has 0 aromatic rings. The predicted molar refractivity (Wildman–Crippen MR) is 61.4 cm³/mol. The molecule has 0 bridgehead atoms. The van der Waals surface area contributed by atoms with Crippen LogP contribution < -0.4 is 5.73 Å². The van der Waals surface area contributed by atoms with Gasteiger partial charge in [-0.1, -0.05) is 6.58 Å². The lowest BCUT2D eigenvalue weighted by Gasteiger charge is -2.41. The Morgan fingerprint density at radius 2 is 2.00 bits per heavy atom. The van der Waals surface area contributed by atoms with Gasteiger partial charge in [-0.15, -0.1) is 0 Å². The highest BCUT2D eigenvalue weighted by atomic mass is 16.2. The molecule has 2 N–H and O–H groups in total. The van der Waals surface area contributed by atoms with Crippen molar-refractivity contribution in [2.24, 2.45) is 5.73 Å². The fraction of sp³-hybridized carbons (Fsp3) is 0.636. The van der Waals surface area contributed by atoms with Gasteiger partial charge in [-0.2, -0.15) is 0 Å². The number of carbonyl (C=O) groups excluding carboxylic acids is 2. The van der Waals surface area contributed by atoms with E-state index in [4.69, 9.17) is 5.73 Å². The van der Waals surface area contributed by atoms with Crippen LogP contribution in [-0.4, -0.2) is 61.0 Å². The van der Waals surface area contributed by atoms with E-state index in [9.17, 15) is 9.59 Å². The van der Waals surface area contributed by atoms with E-state index in [0.29, 0.717) is 6.42 Å². The third-order valence-electron chi connectivity index (χ3n) is 3.20. The number of nitrogens with two attached hydrogens (primary N) is 1. The number of nitrogens with zero attached hydrogens (tertiary/aromatic N) is 2. The second-order valence-electron chi connectivity index (χ2n) is 4.54. The summed E-state index contributed by atoms with van der Waals surface area (Å²) in [7, 11) is 2.10. The zero-order valence-electron chi connectivity index (χ0n) is 9.82. The average molecular weight is 226 g/mol. The van der Waals surface area contributed by atoms with Gasteiger partial charge in [-0.25, -0.2) is 0 Å². The highest BCUT2D eigenvalue weighted by Gasteiger charge is 2.29. The molecule has 0 aliphatic carbocycles. The van der Waals surface area contributed by atoms with Crippen molar-refractivity contribution < 1.29 is 14.1 Å². The number of rotatable bonds is 4. The maximum Gasteiger partial charge on any atom is 0.246 e. The topological polar surface area (TPSA) is 63.4 Å². The van der Waals surface area contributed by atoms with Crippen LogP contribution in [0.4, 0.5) is 0 Å². The standard InChI is InChI=1S/C11H19N3O2/c1-3-11(16)13-5-8-14(2,9-6-13)7-4-10(12)15/h3H,1,4-9H2,2H3,(H-,12,15)/p+1. The molecule has 90 valence electrons. The van der Waals surface area contributed by atoms with E-state index in [1.807, 2.05) is 0 Å². The minimum Gasteiger partial charge on any atom is -0.369 e. The summed E-state index contributed by atoms with van der Waals surface area (Å²) in [5, 5.41) is 0. The molecule has 0 spiro atoms. The van der Waals surface area contributed by atoms with Gasteiger partial charge >= 0.3 is 0 Å². The van der Waals surface area contributed by atoms with Crippen molar-refractivity contribution in [3.8, 4) is 0 Å². The Hall–Kier alpha value is -1.36. The highest BCUT2D eigenvalue weighted by Crippen LogP contribution is 2.11. The number of primary amides is 1. The van der Waals surface area contributed by atoms with Crippen molar-refractivity contribution in [1.29, 1.82) is 0 Å². The van der Waals surface area contributed by atoms with Gasteiger partial charge in [0.25, 0.3) is 0 Å². The van der Waals surface area contributed by atoms with Crippen LogP contribution in [0.3, 0.4) is 0 Å². The summed E-state index contributed by atoms with van der Waals surface area (Å²) in [6.45, 7) is 7.41. The van der Waals surface area contributed by atoms with Crippen LogP contribution in [-0.2, 0) is 9.59 Å². The van der Waals surface area contributed by atoms with E-state index in [2.05, 4.69) is 13.6 Å². The van der Waals surface area contributed by atoms with Gasteiger partial charge in [0.1, 0.15) is 0 Å². The number of piperazine rings is 1. The van der Waals surface area contributed by atoms with Gasteiger partial charge < -0.3 is 15.1 Å². The molecule has 0 aromatic carbocycles. The van der Waals surface area contributed by atoms with Crippen LogP contribution >= 0.6 is 0 Å². The van der Waals surface area contributed by atoms with Gasteiger partial charge in [0.2, 0.25) is 11.8 Å². The summed E-state index contributed by atoms with van der Waals surface area (Å²) in [6.07, 6.45) is 1.75. The lowest BCUT2D eigenvalue weighted by Crippen LogP contribution is -2.58. The lowest BCUT2D eigenvalue weighted by molar-refractivity contribution is -0.912. The van der Waals surface area contributed by atoms with Crippen molar-refractivity contribution in [1.82, 2.24) is 4.90 Å². The van der Waals surface area contributed by atoms with E-state index in [-0.39, 0.29) is 11.8 Å². The molecule has 2 amide bonds. The summed E-state index contributed by atoms with van der Waals surface area (Å²) < 4.78 is 0.809. The monoisotopic (exact) mass is 226 g/mol. The third kappa shape index (κ3) is 3.34. The summed E-state index contributed by atoms with van der Waals surface area (Å²) in [4.78, 5) is 23.9. The molecule has 1 heterocycles. The fourth-order valence-electron chi connectivity index (χ4n) is 1.90. The normalized spacial score (nSPS) is 19.2. The highest BCUT2D eigenvalue weighted by molar-refractivity contribution is 5.87. The number of quaternary nitrogens is 1. The van der Waals surface area contributed by atoms with Crippen molar-refractivity contribution in [2.75, 3.05) is 39.8 Å². The lowest BCUT2D eigenvalue weighted by atomic mass is 10.2. The van der Waals surface area contributed by atoms with Crippen molar-refractivity contribution in [3.63, 3.8) is 0 Å². The summed E-state index contributed by atoms with van der Waals surface area (Å²) >= 11 is 0. The molecule has 1 fully saturated rings. The molecule has 1 aliphatic heterocycles. The Morgan fingerprint density at radius 1 is 1.44 bits per heavy atom. The molecule has 0 radical (unpaired) electrons. The van der Waals surface area contributed by atoms with Crippen LogP contribution in [0.15, 0.2) is 12.7 Å². The molecule has 1 aliphatic rings. The number of likely N-dealkylation sites (N-methyl/N-ethyl adjacent to an activating group) is 1. The zero-order chi connectivity index (χ0) is 12.2. The largest absolute Gasteiger partial charge is 0.369 e. The zero-order valence-corrected chi connectivity index (χ0v) is 9.82. The van der Waals surface area contributed by atoms with Crippen LogP contribution in [0.25, 0.3) is 0 Å². The van der Waals surface area contributed by atoms with Crippen molar-refractivity contribution >= 4 is 11.8 Å². The summed E-state index contributed by atoms with van der Waals surface area (Å²) in [5.41, 5.74) is 5.14. The van der Waals surface area contributed by atoms with E-state index in [0.717, 1.165) is 37.2 Å². The number of hydrogen-bond donors (Lipinski definition) is 1. The molecule has 0 unspecified atom stereocenters. The van der Waals surface area contributed by atoms with Gasteiger partial charge in [-0.3, -0.25) is 9.59 Å². The quantitative estimate of drug-likeness (QED) is 0.511. The number of hydrogen-bond acceptors (Lipinski definition) is 2. The van der Waals surface area contributed by atoms with Gasteiger partial charge in [0.05, 0.1) is 46.2 Å². The SMILES string of the molecule is C=CC(=O)N1CC[N+](C)(CCC(N)=O)CC1. The van der Waals surface area contributed by atoms with E-state index < -0.39 is 0 Å². The van der Waals surface area contributed by atoms with E-state index in [1.165, 1.54) is 6.08 Å². The first-order valence-corrected chi connectivity index (χ1v) is 5.50. The molecular formula is C11H20N3O2+. The van der Waals surface area contributed by atoms with Gasteiger partial charge in [0, 0.05) is 0 Å². The predicted octanol–water partition coefficient (Wildman–Crippen LogP) is -0.663. The fourth-order valence-corrected chi connectivity index (χ4v) is 1.90. The smallest absolute Gasteiger partial charge is 0.246 e. The maximum atomic E-state index is 11.4. The number of amides is 2. The molecule has 5 heteroatoms. The Balaban J connectivity index is 2.43. The molecule has 0 atom stereocenters. The second kappa shape index (κ2) is 5.12. The molecule has 1 rings (SSSR count). The molecular weight excluding hydrogens is 206 g/mol. The summed E-state index contributed by atoms with van der Waals surface area (Å²) in [6, 6.07) is 0. The summed E-state index contributed by atoms with van der Waals surface area (Å²) in [5.74, 6) is -0.273. The Morgan fingerprint density at radius 3 is 2.44 bits per heavy atom. The first-order chi connectivity index (χ1) is 7.47. The Labute approximate surface area is 96.1 Å². The first-order valence-electron chi connectivity index (χ1n) is 5.50. The van der Waals surface area contributed by atoms with Gasteiger partial charge in [0.15, 0.2) is 0 Å². The van der Waals surface area contributed by atoms with Crippen LogP contribution in [0.5, 0.6) is 0 Å². The molecule has 16 heavy (non-hydrogen) atoms. The maximum absolute atomic E-state index is 11.4. The third-order valence-corrected chi connectivity index (χ3v) is 3.20. The minimum atomic E-state index is -0.260. The Kier molecular flexibility index (Phi) is 4.06. The van der Waals surface area contributed by atoms with E-state index in [1.54, 1.807) is 4.90 Å². The minimum absolute atomic E-state index is 0.0128. The molecule has 0 aromatic heterocycles. The average Bonchev–Trinajstić information content (AvgIpc) is 2.27. The molecule has 0 saturated carbocycles. The van der Waals surface area contributed by atoms with E-state index >= 15 is 0 Å². The molecule has 1 saturated heterocycles. The van der Waals surface area contributed by atoms with Crippen molar-refractivity contribution in [3.05, 3.63) is 12.7 Å². The first kappa shape index (κ1) is 12.7. The molecule has 5 nitrogen and oxygen atoms in total. The van der Waals surface area contributed by atoms with Crippen LogP contribution in [0.1, 0.15) is 6.42 Å². The second-order valence-corrected chi connectivity index (χ2v) is 4.54.